The van der Waals surface area contributed by atoms with Gasteiger partial charge in [-0.05, 0) is 59.7 Å². The summed E-state index contributed by atoms with van der Waals surface area (Å²) in [7, 11) is 0. The summed E-state index contributed by atoms with van der Waals surface area (Å²) in [6, 6.07) is 11.3. The second kappa shape index (κ2) is 5.75. The maximum Gasteiger partial charge on any atom is 0.265 e. The van der Waals surface area contributed by atoms with Gasteiger partial charge in [-0.1, -0.05) is 11.6 Å². The molecule has 1 aliphatic carbocycles. The van der Waals surface area contributed by atoms with Crippen LogP contribution < -0.4 is 5.32 Å². The first-order chi connectivity index (χ1) is 11.2. The molecule has 1 amide bonds. The molecule has 0 bridgehead atoms. The Balaban J connectivity index is 1.51. The minimum atomic E-state index is -0.169. The zero-order chi connectivity index (χ0) is 15.8. The van der Waals surface area contributed by atoms with Crippen molar-refractivity contribution in [2.75, 3.05) is 5.32 Å². The fraction of sp³-hybridized carbons (Fsp3) is 0.200. The van der Waals surface area contributed by atoms with E-state index in [1.165, 1.54) is 11.3 Å². The van der Waals surface area contributed by atoms with E-state index in [9.17, 15) is 4.79 Å². The van der Waals surface area contributed by atoms with Gasteiger partial charge in [-0.15, -0.1) is 16.4 Å². The van der Waals surface area contributed by atoms with Crippen LogP contribution in [-0.2, 0) is 0 Å². The Morgan fingerprint density at radius 2 is 2.00 bits per heavy atom. The van der Waals surface area contributed by atoms with E-state index in [2.05, 4.69) is 20.8 Å². The quantitative estimate of drug-likeness (QED) is 0.783. The van der Waals surface area contributed by atoms with Gasteiger partial charge >= 0.3 is 0 Å². The van der Waals surface area contributed by atoms with Gasteiger partial charge < -0.3 is 5.32 Å². The molecule has 1 aliphatic rings. The Labute approximate surface area is 141 Å². The van der Waals surface area contributed by atoms with Crippen molar-refractivity contribution >= 4 is 34.5 Å². The van der Waals surface area contributed by atoms with Crippen molar-refractivity contribution in [2.45, 2.75) is 18.9 Å². The van der Waals surface area contributed by atoms with Crippen molar-refractivity contribution in [3.63, 3.8) is 0 Å². The molecule has 6 nitrogen and oxygen atoms in total. The van der Waals surface area contributed by atoms with Crippen molar-refractivity contribution in [3.8, 4) is 11.4 Å². The molecule has 116 valence electrons. The Morgan fingerprint density at radius 3 is 2.65 bits per heavy atom. The van der Waals surface area contributed by atoms with Crippen LogP contribution in [0.25, 0.3) is 11.4 Å². The topological polar surface area (TPSA) is 72.7 Å². The third-order valence-electron chi connectivity index (χ3n) is 3.58. The van der Waals surface area contributed by atoms with Gasteiger partial charge in [0.05, 0.1) is 15.3 Å². The lowest BCUT2D eigenvalue weighted by Gasteiger charge is -2.06. The summed E-state index contributed by atoms with van der Waals surface area (Å²) in [4.78, 5) is 12.7. The third-order valence-corrected chi connectivity index (χ3v) is 4.81. The molecule has 0 saturated heterocycles. The molecule has 23 heavy (non-hydrogen) atoms. The highest BCUT2D eigenvalue weighted by molar-refractivity contribution is 7.18. The number of halogens is 1. The van der Waals surface area contributed by atoms with Gasteiger partial charge in [0.25, 0.3) is 5.91 Å². The summed E-state index contributed by atoms with van der Waals surface area (Å²) in [6.07, 6.45) is 2.24. The third kappa shape index (κ3) is 2.97. The average Bonchev–Trinajstić information content (AvgIpc) is 3.11. The monoisotopic (exact) mass is 345 g/mol. The minimum absolute atomic E-state index is 0.169. The summed E-state index contributed by atoms with van der Waals surface area (Å²) >= 11 is 7.10. The zero-order valence-corrected chi connectivity index (χ0v) is 13.5. The Hall–Kier alpha value is -2.25. The molecular weight excluding hydrogens is 334 g/mol. The Morgan fingerprint density at radius 1 is 1.22 bits per heavy atom. The van der Waals surface area contributed by atoms with Crippen LogP contribution in [0.1, 0.15) is 28.6 Å². The Bertz CT molecular complexity index is 853. The fourth-order valence-corrected chi connectivity index (χ4v) is 3.22. The molecule has 1 saturated carbocycles. The Kier molecular flexibility index (Phi) is 3.59. The van der Waals surface area contributed by atoms with Crippen LogP contribution >= 0.6 is 22.9 Å². The molecule has 4 rings (SSSR count). The molecule has 3 aromatic rings. The second-order valence-corrected chi connectivity index (χ2v) is 7.03. The number of hydrogen-bond donors (Lipinski definition) is 1. The first-order valence-corrected chi connectivity index (χ1v) is 8.35. The predicted molar refractivity (Wildman–Crippen MR) is 88.8 cm³/mol. The van der Waals surface area contributed by atoms with E-state index < -0.39 is 0 Å². The summed E-state index contributed by atoms with van der Waals surface area (Å²) in [5.74, 6) is 0.591. The maximum absolute atomic E-state index is 12.1. The van der Waals surface area contributed by atoms with Gasteiger partial charge in [0.2, 0.25) is 0 Å². The molecule has 0 atom stereocenters. The number of rotatable bonds is 4. The summed E-state index contributed by atoms with van der Waals surface area (Å²) in [5.41, 5.74) is 1.65. The highest BCUT2D eigenvalue weighted by Crippen LogP contribution is 2.36. The lowest BCUT2D eigenvalue weighted by molar-refractivity contribution is 0.103. The molecule has 2 heterocycles. The van der Waals surface area contributed by atoms with E-state index >= 15 is 0 Å². The highest BCUT2D eigenvalue weighted by Gasteiger charge is 2.28. The number of carbonyl (C=O) groups excluding carboxylic acids is 1. The first-order valence-electron chi connectivity index (χ1n) is 7.16. The molecule has 0 unspecified atom stereocenters. The van der Waals surface area contributed by atoms with Gasteiger partial charge in [0, 0.05) is 11.3 Å². The summed E-state index contributed by atoms with van der Waals surface area (Å²) in [5, 5.41) is 14.7. The highest BCUT2D eigenvalue weighted by atomic mass is 35.5. The van der Waals surface area contributed by atoms with Gasteiger partial charge in [-0.2, -0.15) is 0 Å². The van der Waals surface area contributed by atoms with Crippen molar-refractivity contribution in [1.29, 1.82) is 0 Å². The van der Waals surface area contributed by atoms with Crippen LogP contribution in [0.2, 0.25) is 4.34 Å². The molecule has 0 radical (unpaired) electrons. The van der Waals surface area contributed by atoms with Crippen molar-refractivity contribution in [2.24, 2.45) is 0 Å². The number of benzene rings is 1. The average molecular weight is 346 g/mol. The normalized spacial score (nSPS) is 14.0. The molecule has 8 heteroatoms. The number of amides is 1. The largest absolute Gasteiger partial charge is 0.321 e. The smallest absolute Gasteiger partial charge is 0.265 e. The molecule has 1 N–H and O–H groups in total. The van der Waals surface area contributed by atoms with E-state index in [1.54, 1.807) is 12.1 Å². The summed E-state index contributed by atoms with van der Waals surface area (Å²) in [6.45, 7) is 0. The fourth-order valence-electron chi connectivity index (χ4n) is 2.28. The number of hydrogen-bond acceptors (Lipinski definition) is 5. The van der Waals surface area contributed by atoms with Crippen LogP contribution in [-0.4, -0.2) is 26.1 Å². The molecule has 1 fully saturated rings. The lowest BCUT2D eigenvalue weighted by Crippen LogP contribution is -2.09. The number of tetrazole rings is 1. The second-order valence-electron chi connectivity index (χ2n) is 5.31. The van der Waals surface area contributed by atoms with Crippen molar-refractivity contribution in [3.05, 3.63) is 45.6 Å². The SMILES string of the molecule is O=C(Nc1ccc(-c2nnnn2C2CC2)cc1)c1ccc(Cl)s1. The van der Waals surface area contributed by atoms with E-state index in [4.69, 9.17) is 11.6 Å². The van der Waals surface area contributed by atoms with Gasteiger partial charge in [-0.25, -0.2) is 4.68 Å². The van der Waals surface area contributed by atoms with Crippen LogP contribution in [0.4, 0.5) is 5.69 Å². The number of aromatic nitrogens is 4. The summed E-state index contributed by atoms with van der Waals surface area (Å²) < 4.78 is 2.46. The first kappa shape index (κ1) is 14.3. The molecule has 2 aromatic heterocycles. The van der Waals surface area contributed by atoms with Crippen LogP contribution in [0.3, 0.4) is 0 Å². The number of carbonyl (C=O) groups is 1. The molecule has 1 aromatic carbocycles. The van der Waals surface area contributed by atoms with Gasteiger partial charge in [0.15, 0.2) is 5.82 Å². The molecule has 0 aliphatic heterocycles. The standard InChI is InChI=1S/C15H12ClN5OS/c16-13-8-7-12(23-13)15(22)17-10-3-1-9(2-4-10)14-18-19-20-21(14)11-5-6-11/h1-4,7-8,11H,5-6H2,(H,17,22). The van der Waals surface area contributed by atoms with E-state index in [-0.39, 0.29) is 5.91 Å². The van der Waals surface area contributed by atoms with Crippen molar-refractivity contribution in [1.82, 2.24) is 20.2 Å². The number of nitrogens with one attached hydrogen (secondary N) is 1. The number of nitrogens with zero attached hydrogens (tertiary/aromatic N) is 4. The van der Waals surface area contributed by atoms with Crippen molar-refractivity contribution < 1.29 is 4.79 Å². The van der Waals surface area contributed by atoms with E-state index in [0.29, 0.717) is 20.9 Å². The minimum Gasteiger partial charge on any atom is -0.321 e. The lowest BCUT2D eigenvalue weighted by atomic mass is 10.2. The van der Waals surface area contributed by atoms with Crippen LogP contribution in [0, 0.1) is 0 Å². The predicted octanol–water partition coefficient (Wildman–Crippen LogP) is 3.64. The van der Waals surface area contributed by atoms with Crippen LogP contribution in [0.15, 0.2) is 36.4 Å². The van der Waals surface area contributed by atoms with E-state index in [0.717, 1.165) is 24.2 Å². The van der Waals surface area contributed by atoms with Gasteiger partial charge in [0.1, 0.15) is 0 Å². The van der Waals surface area contributed by atoms with E-state index in [1.807, 2.05) is 28.9 Å². The molecule has 0 spiro atoms. The molecular formula is C15H12ClN5OS. The van der Waals surface area contributed by atoms with Crippen LogP contribution in [0.5, 0.6) is 0 Å². The maximum atomic E-state index is 12.1. The number of anilines is 1. The zero-order valence-electron chi connectivity index (χ0n) is 11.9. The van der Waals surface area contributed by atoms with Gasteiger partial charge in [-0.3, -0.25) is 4.79 Å². The number of thiophene rings is 1.